The molecule has 104 valence electrons. The smallest absolute Gasteiger partial charge is 0.166 e. The van der Waals surface area contributed by atoms with Gasteiger partial charge >= 0.3 is 0 Å². The highest BCUT2D eigenvalue weighted by Gasteiger charge is 2.13. The van der Waals surface area contributed by atoms with Crippen molar-refractivity contribution in [3.8, 4) is 11.5 Å². The van der Waals surface area contributed by atoms with Crippen LogP contribution in [0.1, 0.15) is 49.0 Å². The molecule has 2 aromatic rings. The van der Waals surface area contributed by atoms with Gasteiger partial charge in [-0.05, 0) is 35.7 Å². The fourth-order valence-electron chi connectivity index (χ4n) is 2.02. The summed E-state index contributed by atoms with van der Waals surface area (Å²) in [6.45, 7) is 6.11. The lowest BCUT2D eigenvalue weighted by atomic mass is 9.98. The van der Waals surface area contributed by atoms with Crippen molar-refractivity contribution in [3.63, 3.8) is 0 Å². The number of hydrogen-bond donors (Lipinski definition) is 0. The fourth-order valence-corrected chi connectivity index (χ4v) is 2.02. The Morgan fingerprint density at radius 1 is 1.10 bits per heavy atom. The molecule has 0 unspecified atom stereocenters. The number of hydrogen-bond acceptors (Lipinski definition) is 2. The van der Waals surface area contributed by atoms with Gasteiger partial charge in [-0.2, -0.15) is 0 Å². The number of Topliss-reactive ketones (excluding diaryl/α,β-unsaturated/α-hetero) is 1. The summed E-state index contributed by atoms with van der Waals surface area (Å²) >= 11 is 0. The normalized spacial score (nSPS) is 10.6. The molecule has 2 rings (SSSR count). The second-order valence-corrected chi connectivity index (χ2v) is 5.10. The predicted molar refractivity (Wildman–Crippen MR) is 81.7 cm³/mol. The molecule has 0 N–H and O–H groups in total. The van der Waals surface area contributed by atoms with Crippen molar-refractivity contribution in [2.24, 2.45) is 0 Å². The minimum Gasteiger partial charge on any atom is -0.457 e. The van der Waals surface area contributed by atoms with E-state index in [1.165, 1.54) is 0 Å². The van der Waals surface area contributed by atoms with Crippen LogP contribution < -0.4 is 4.74 Å². The highest BCUT2D eigenvalue weighted by atomic mass is 16.5. The van der Waals surface area contributed by atoms with Crippen LogP contribution in [-0.4, -0.2) is 5.78 Å². The molecule has 0 amide bonds. The lowest BCUT2D eigenvalue weighted by molar-refractivity contribution is 0.0986. The van der Waals surface area contributed by atoms with Crippen LogP contribution in [0, 0.1) is 0 Å². The maximum atomic E-state index is 12.1. The second kappa shape index (κ2) is 6.38. The number of carbonyl (C=O) groups is 1. The Morgan fingerprint density at radius 2 is 1.80 bits per heavy atom. The molecule has 0 fully saturated rings. The van der Waals surface area contributed by atoms with Crippen molar-refractivity contribution >= 4 is 5.78 Å². The van der Waals surface area contributed by atoms with Crippen molar-refractivity contribution in [3.05, 3.63) is 59.7 Å². The van der Waals surface area contributed by atoms with Gasteiger partial charge in [0.05, 0.1) is 5.56 Å². The molecule has 0 saturated heterocycles. The lowest BCUT2D eigenvalue weighted by Gasteiger charge is -2.13. The van der Waals surface area contributed by atoms with Crippen LogP contribution >= 0.6 is 0 Å². The zero-order valence-electron chi connectivity index (χ0n) is 12.2. The van der Waals surface area contributed by atoms with E-state index < -0.39 is 0 Å². The molecule has 0 spiro atoms. The van der Waals surface area contributed by atoms with Gasteiger partial charge in [0.2, 0.25) is 0 Å². The Bertz CT molecular complexity index is 586. The minimum atomic E-state index is 0.110. The summed E-state index contributed by atoms with van der Waals surface area (Å²) in [5.74, 6) is 1.88. The van der Waals surface area contributed by atoms with Gasteiger partial charge in [-0.25, -0.2) is 0 Å². The maximum absolute atomic E-state index is 12.1. The molecule has 20 heavy (non-hydrogen) atoms. The zero-order chi connectivity index (χ0) is 14.5. The van der Waals surface area contributed by atoms with Crippen LogP contribution in [0.25, 0.3) is 0 Å². The first-order valence-electron chi connectivity index (χ1n) is 7.02. The van der Waals surface area contributed by atoms with Gasteiger partial charge in [-0.1, -0.05) is 45.0 Å². The van der Waals surface area contributed by atoms with Gasteiger partial charge in [0.1, 0.15) is 11.5 Å². The molecule has 0 saturated carbocycles. The third-order valence-electron chi connectivity index (χ3n) is 3.26. The van der Waals surface area contributed by atoms with Crippen LogP contribution in [0.5, 0.6) is 11.5 Å². The van der Waals surface area contributed by atoms with E-state index >= 15 is 0 Å². The first-order valence-corrected chi connectivity index (χ1v) is 7.02. The van der Waals surface area contributed by atoms with Gasteiger partial charge in [0, 0.05) is 6.42 Å². The highest BCUT2D eigenvalue weighted by molar-refractivity contribution is 5.98. The number of para-hydroxylation sites is 1. The lowest BCUT2D eigenvalue weighted by Crippen LogP contribution is -2.02. The summed E-state index contributed by atoms with van der Waals surface area (Å²) in [5, 5.41) is 0. The first kappa shape index (κ1) is 14.3. The standard InChI is InChI=1S/C18H20O2/c1-4-17(19)16-12-14(13(2)3)10-11-18(16)20-15-8-6-5-7-9-15/h5-13H,4H2,1-3H3. The first-order chi connectivity index (χ1) is 9.61. The van der Waals surface area contributed by atoms with Crippen LogP contribution in [-0.2, 0) is 0 Å². The number of benzene rings is 2. The molecule has 2 nitrogen and oxygen atoms in total. The highest BCUT2D eigenvalue weighted by Crippen LogP contribution is 2.29. The third kappa shape index (κ3) is 3.27. The quantitative estimate of drug-likeness (QED) is 0.697. The summed E-state index contributed by atoms with van der Waals surface area (Å²) in [7, 11) is 0. The van der Waals surface area contributed by atoms with Crippen LogP contribution in [0.2, 0.25) is 0 Å². The van der Waals surface area contributed by atoms with E-state index in [2.05, 4.69) is 13.8 Å². The third-order valence-corrected chi connectivity index (χ3v) is 3.26. The van der Waals surface area contributed by atoms with Crippen molar-refractivity contribution < 1.29 is 9.53 Å². The SMILES string of the molecule is CCC(=O)c1cc(C(C)C)ccc1Oc1ccccc1. The Kier molecular flexibility index (Phi) is 4.57. The average molecular weight is 268 g/mol. The molecule has 0 radical (unpaired) electrons. The van der Waals surface area contributed by atoms with Gasteiger partial charge in [-0.15, -0.1) is 0 Å². The van der Waals surface area contributed by atoms with E-state index in [0.29, 0.717) is 23.7 Å². The van der Waals surface area contributed by atoms with E-state index in [4.69, 9.17) is 4.74 Å². The fraction of sp³-hybridized carbons (Fsp3) is 0.278. The molecule has 0 heterocycles. The van der Waals surface area contributed by atoms with Crippen molar-refractivity contribution in [1.82, 2.24) is 0 Å². The molecular formula is C18H20O2. The molecule has 0 atom stereocenters. The Hall–Kier alpha value is -2.09. The van der Waals surface area contributed by atoms with Gasteiger partial charge in [0.25, 0.3) is 0 Å². The Labute approximate surface area is 120 Å². The molecule has 0 aromatic heterocycles. The van der Waals surface area contributed by atoms with Crippen LogP contribution in [0.15, 0.2) is 48.5 Å². The number of ether oxygens (including phenoxy) is 1. The average Bonchev–Trinajstić information content (AvgIpc) is 2.47. The van der Waals surface area contributed by atoms with E-state index in [0.717, 1.165) is 11.3 Å². The van der Waals surface area contributed by atoms with Crippen molar-refractivity contribution in [1.29, 1.82) is 0 Å². The van der Waals surface area contributed by atoms with Crippen LogP contribution in [0.4, 0.5) is 0 Å². The van der Waals surface area contributed by atoms with Gasteiger partial charge in [-0.3, -0.25) is 4.79 Å². The molecule has 0 aliphatic rings. The molecule has 2 heteroatoms. The predicted octanol–water partition coefficient (Wildman–Crippen LogP) is 5.20. The summed E-state index contributed by atoms with van der Waals surface area (Å²) in [6, 6.07) is 15.4. The molecule has 0 bridgehead atoms. The summed E-state index contributed by atoms with van der Waals surface area (Å²) in [6.07, 6.45) is 0.479. The monoisotopic (exact) mass is 268 g/mol. The minimum absolute atomic E-state index is 0.110. The van der Waals surface area contributed by atoms with E-state index in [1.54, 1.807) is 0 Å². The Morgan fingerprint density at radius 3 is 2.40 bits per heavy atom. The van der Waals surface area contributed by atoms with E-state index in [-0.39, 0.29) is 5.78 Å². The number of carbonyl (C=O) groups excluding carboxylic acids is 1. The van der Waals surface area contributed by atoms with Gasteiger partial charge in [0.15, 0.2) is 5.78 Å². The van der Waals surface area contributed by atoms with Crippen LogP contribution in [0.3, 0.4) is 0 Å². The Balaban J connectivity index is 2.39. The van der Waals surface area contributed by atoms with E-state index in [9.17, 15) is 4.79 Å². The second-order valence-electron chi connectivity index (χ2n) is 5.10. The van der Waals surface area contributed by atoms with E-state index in [1.807, 2.05) is 55.5 Å². The molecular weight excluding hydrogens is 248 g/mol. The molecule has 0 aliphatic heterocycles. The van der Waals surface area contributed by atoms with Gasteiger partial charge < -0.3 is 4.74 Å². The largest absolute Gasteiger partial charge is 0.457 e. The molecule has 2 aromatic carbocycles. The topological polar surface area (TPSA) is 26.3 Å². The number of ketones is 1. The summed E-state index contributed by atoms with van der Waals surface area (Å²) in [4.78, 5) is 12.1. The summed E-state index contributed by atoms with van der Waals surface area (Å²) in [5.41, 5.74) is 1.82. The van der Waals surface area contributed by atoms with Crippen molar-refractivity contribution in [2.75, 3.05) is 0 Å². The van der Waals surface area contributed by atoms with Crippen molar-refractivity contribution in [2.45, 2.75) is 33.1 Å². The maximum Gasteiger partial charge on any atom is 0.166 e. The molecule has 0 aliphatic carbocycles. The number of rotatable bonds is 5. The summed E-state index contributed by atoms with van der Waals surface area (Å²) < 4.78 is 5.85. The zero-order valence-corrected chi connectivity index (χ0v) is 12.2.